The van der Waals surface area contributed by atoms with E-state index in [2.05, 4.69) is 0 Å². The number of hydrogen-bond donors (Lipinski definition) is 1. The topological polar surface area (TPSA) is 180 Å². The van der Waals surface area contributed by atoms with E-state index in [4.69, 9.17) is 19.8 Å². The van der Waals surface area contributed by atoms with E-state index in [1.165, 1.54) is 0 Å². The molecule has 68 valence electrons. The largest absolute Gasteiger partial charge is 1.00 e. The van der Waals surface area contributed by atoms with Gasteiger partial charge in [-0.3, -0.25) is 0 Å². The van der Waals surface area contributed by atoms with Crippen LogP contribution in [0.15, 0.2) is 0 Å². The SMILES string of the molecule is O.O.O=C([O-])C(=O)[O-].[Cu+].[NH4+]. The van der Waals surface area contributed by atoms with Gasteiger partial charge in [0.25, 0.3) is 0 Å². The zero-order valence-electron chi connectivity index (χ0n) is 4.93. The third-order valence-electron chi connectivity index (χ3n) is 0.167. The average Bonchev–Trinajstić information content (AvgIpc) is 1.36. The van der Waals surface area contributed by atoms with Crippen molar-refractivity contribution in [3.63, 3.8) is 0 Å². The minimum absolute atomic E-state index is 0. The third kappa shape index (κ3) is 26.4. The smallest absolute Gasteiger partial charge is 0.543 e. The van der Waals surface area contributed by atoms with E-state index in [0.717, 1.165) is 0 Å². The molecule has 0 saturated carbocycles. The van der Waals surface area contributed by atoms with E-state index >= 15 is 0 Å². The van der Waals surface area contributed by atoms with Crippen LogP contribution in [-0.4, -0.2) is 22.9 Å². The number of carbonyl (C=O) groups is 2. The van der Waals surface area contributed by atoms with Crippen LogP contribution >= 0.6 is 0 Å². The standard InChI is InChI=1S/C2H2O4.Cu.H3N.2H2O/c3-1(4)2(5)6;;;;/h(H,3,4)(H,5,6);;1H3;2*1H2/q;+1;;;/p-1. The van der Waals surface area contributed by atoms with E-state index in [1.54, 1.807) is 0 Å². The minimum Gasteiger partial charge on any atom is -0.543 e. The van der Waals surface area contributed by atoms with Gasteiger partial charge in [0.2, 0.25) is 0 Å². The molecule has 0 aromatic carbocycles. The summed E-state index contributed by atoms with van der Waals surface area (Å²) >= 11 is 0. The molecule has 0 aromatic rings. The second-order valence-corrected chi connectivity index (χ2v) is 0.575. The van der Waals surface area contributed by atoms with Crippen molar-refractivity contribution in [2.24, 2.45) is 0 Å². The molecule has 8 N–H and O–H groups in total. The fraction of sp³-hybridized carbons (Fsp3) is 0. The van der Waals surface area contributed by atoms with Gasteiger partial charge in [-0.15, -0.1) is 0 Å². The van der Waals surface area contributed by atoms with Gasteiger partial charge in [0, 0.05) is 0 Å². The van der Waals surface area contributed by atoms with E-state index in [1.807, 2.05) is 0 Å². The molecule has 0 heterocycles. The maximum absolute atomic E-state index is 8.93. The summed E-state index contributed by atoms with van der Waals surface area (Å²) in [6.45, 7) is 0. The Hall–Kier alpha value is -0.661. The first-order chi connectivity index (χ1) is 2.64. The Morgan fingerprint density at radius 2 is 1.00 bits per heavy atom. The van der Waals surface area contributed by atoms with Crippen LogP contribution in [0.25, 0.3) is 0 Å². The molecule has 0 fully saturated rings. The van der Waals surface area contributed by atoms with Gasteiger partial charge in [0.05, 0.1) is 11.9 Å². The first-order valence-corrected chi connectivity index (χ1v) is 1.07. The number of rotatable bonds is 0. The molecule has 8 heteroatoms. The molecule has 0 rings (SSSR count). The number of carboxylic acids is 2. The van der Waals surface area contributed by atoms with Crippen molar-refractivity contribution in [1.82, 2.24) is 6.15 Å². The summed E-state index contributed by atoms with van der Waals surface area (Å²) in [5.41, 5.74) is 0. The summed E-state index contributed by atoms with van der Waals surface area (Å²) in [7, 11) is 0. The van der Waals surface area contributed by atoms with E-state index in [-0.39, 0.29) is 34.2 Å². The molecule has 0 aliphatic carbocycles. The number of aliphatic carboxylic acids is 2. The molecule has 0 atom stereocenters. The van der Waals surface area contributed by atoms with Crippen molar-refractivity contribution in [2.75, 3.05) is 0 Å². The van der Waals surface area contributed by atoms with Gasteiger partial charge in [-0.25, -0.2) is 0 Å². The van der Waals surface area contributed by atoms with Crippen molar-refractivity contribution in [3.05, 3.63) is 0 Å². The summed E-state index contributed by atoms with van der Waals surface area (Å²) in [4.78, 5) is 17.9. The molecule has 7 nitrogen and oxygen atoms in total. The molecule has 10 heavy (non-hydrogen) atoms. The average molecular weight is 206 g/mol. The Kier molecular flexibility index (Phi) is 54.3. The molecule has 0 amide bonds. The summed E-state index contributed by atoms with van der Waals surface area (Å²) in [5, 5.41) is 17.9. The summed E-state index contributed by atoms with van der Waals surface area (Å²) < 4.78 is 0. The van der Waals surface area contributed by atoms with Crippen molar-refractivity contribution >= 4 is 11.9 Å². The predicted molar refractivity (Wildman–Crippen MR) is 23.2 cm³/mol. The van der Waals surface area contributed by atoms with Crippen molar-refractivity contribution in [2.45, 2.75) is 0 Å². The number of carbonyl (C=O) groups excluding carboxylic acids is 2. The van der Waals surface area contributed by atoms with Crippen LogP contribution in [0, 0.1) is 0 Å². The zero-order valence-corrected chi connectivity index (χ0v) is 5.88. The monoisotopic (exact) mass is 205 g/mol. The number of carboxylic acid groups (broad SMARTS) is 2. The molecule has 0 unspecified atom stereocenters. The maximum Gasteiger partial charge on any atom is 1.00 e. The summed E-state index contributed by atoms with van der Waals surface area (Å²) in [6.07, 6.45) is 0. The first kappa shape index (κ1) is 34.5. The van der Waals surface area contributed by atoms with E-state index in [9.17, 15) is 0 Å². The Morgan fingerprint density at radius 3 is 1.00 bits per heavy atom. The number of hydrogen-bond acceptors (Lipinski definition) is 4. The van der Waals surface area contributed by atoms with Crippen LogP contribution in [0.3, 0.4) is 0 Å². The third-order valence-corrected chi connectivity index (χ3v) is 0.167. The van der Waals surface area contributed by atoms with Gasteiger partial charge in [0.15, 0.2) is 0 Å². The second kappa shape index (κ2) is 15.8. The van der Waals surface area contributed by atoms with Crippen LogP contribution < -0.4 is 16.4 Å². The fourth-order valence-electron chi connectivity index (χ4n) is 0. The van der Waals surface area contributed by atoms with E-state index in [0.29, 0.717) is 0 Å². The Balaban J connectivity index is -0.0000000208. The van der Waals surface area contributed by atoms with Gasteiger partial charge in [-0.05, 0) is 0 Å². The molecular formula is C2H8CuNO6. The molecule has 0 aliphatic rings. The van der Waals surface area contributed by atoms with Crippen molar-refractivity contribution < 1.29 is 47.8 Å². The van der Waals surface area contributed by atoms with Crippen LogP contribution in [-0.2, 0) is 26.7 Å². The van der Waals surface area contributed by atoms with Crippen LogP contribution in [0.2, 0.25) is 0 Å². The normalized spacial score (nSPS) is 4.40. The molecule has 0 aromatic heterocycles. The Morgan fingerprint density at radius 1 is 0.900 bits per heavy atom. The molecule has 0 saturated heterocycles. The molecule has 0 bridgehead atoms. The first-order valence-electron chi connectivity index (χ1n) is 1.07. The van der Waals surface area contributed by atoms with Crippen molar-refractivity contribution in [1.29, 1.82) is 0 Å². The van der Waals surface area contributed by atoms with Gasteiger partial charge < -0.3 is 36.9 Å². The number of quaternary nitrogens is 1. The second-order valence-electron chi connectivity index (χ2n) is 0.575. The quantitative estimate of drug-likeness (QED) is 0.308. The summed E-state index contributed by atoms with van der Waals surface area (Å²) in [5.74, 6) is -4.37. The van der Waals surface area contributed by atoms with Gasteiger partial charge >= 0.3 is 17.1 Å². The van der Waals surface area contributed by atoms with Crippen LogP contribution in [0.4, 0.5) is 0 Å². The zero-order chi connectivity index (χ0) is 5.15. The van der Waals surface area contributed by atoms with Gasteiger partial charge in [-0.1, -0.05) is 0 Å². The predicted octanol–water partition coefficient (Wildman–Crippen LogP) is -4.79. The summed E-state index contributed by atoms with van der Waals surface area (Å²) in [6, 6.07) is 0. The molecule has 0 radical (unpaired) electrons. The van der Waals surface area contributed by atoms with E-state index < -0.39 is 11.9 Å². The molecular weight excluding hydrogens is 198 g/mol. The van der Waals surface area contributed by atoms with Gasteiger partial charge in [-0.2, -0.15) is 0 Å². The Bertz CT molecular complexity index is 81.7. The van der Waals surface area contributed by atoms with Gasteiger partial charge in [0.1, 0.15) is 0 Å². The Labute approximate surface area is 66.7 Å². The van der Waals surface area contributed by atoms with Crippen LogP contribution in [0.1, 0.15) is 0 Å². The van der Waals surface area contributed by atoms with Crippen molar-refractivity contribution in [3.8, 4) is 0 Å². The maximum atomic E-state index is 8.93. The minimum atomic E-state index is -2.19. The molecule has 0 aliphatic heterocycles. The van der Waals surface area contributed by atoms with Crippen LogP contribution in [0.5, 0.6) is 0 Å². The fourth-order valence-corrected chi connectivity index (χ4v) is 0. The molecule has 0 spiro atoms.